The number of halogens is 3. The van der Waals surface area contributed by atoms with Gasteiger partial charge in [0.2, 0.25) is 0 Å². The van der Waals surface area contributed by atoms with E-state index < -0.39 is 0 Å². The van der Waals surface area contributed by atoms with Crippen LogP contribution in [0.15, 0.2) is 111 Å². The molecule has 2 amide bonds. The molecule has 0 aliphatic carbocycles. The minimum absolute atomic E-state index is 0.214. The van der Waals surface area contributed by atoms with Crippen LogP contribution in [0.4, 0.5) is 17.1 Å². The second-order valence-corrected chi connectivity index (χ2v) is 11.2. The van der Waals surface area contributed by atoms with Crippen molar-refractivity contribution >= 4 is 91.0 Å². The molecule has 1 saturated heterocycles. The summed E-state index contributed by atoms with van der Waals surface area (Å²) in [6.45, 7) is -0.254. The molecule has 0 radical (unpaired) electrons. The maximum absolute atomic E-state index is 13.6. The quantitative estimate of drug-likeness (QED) is 0.203. The van der Waals surface area contributed by atoms with Crippen molar-refractivity contribution in [2.75, 3.05) is 16.8 Å². The highest BCUT2D eigenvalue weighted by Crippen LogP contribution is 2.38. The van der Waals surface area contributed by atoms with Gasteiger partial charge in [-0.3, -0.25) is 14.5 Å². The number of para-hydroxylation sites is 2. The van der Waals surface area contributed by atoms with Crippen molar-refractivity contribution in [1.29, 1.82) is 0 Å². The van der Waals surface area contributed by atoms with Crippen LogP contribution < -0.4 is 15.0 Å². The predicted molar refractivity (Wildman–Crippen MR) is 168 cm³/mol. The molecule has 1 N–H and O–H groups in total. The van der Waals surface area contributed by atoms with Gasteiger partial charge in [-0.15, -0.1) is 0 Å². The monoisotopic (exact) mass is 651 g/mol. The molecule has 0 bridgehead atoms. The number of anilines is 2. The lowest BCUT2D eigenvalue weighted by Gasteiger charge is -2.15. The Labute approximate surface area is 253 Å². The van der Waals surface area contributed by atoms with Gasteiger partial charge in [0.25, 0.3) is 11.8 Å². The summed E-state index contributed by atoms with van der Waals surface area (Å²) in [5.41, 5.74) is 2.57. The lowest BCUT2D eigenvalue weighted by Crippen LogP contribution is -2.28. The van der Waals surface area contributed by atoms with E-state index in [1.165, 1.54) is 11.8 Å². The number of amidine groups is 1. The molecule has 0 unspecified atom stereocenters. The molecule has 1 aliphatic rings. The highest BCUT2D eigenvalue weighted by molar-refractivity contribution is 9.10. The number of hydrogen-bond donors (Lipinski definition) is 1. The van der Waals surface area contributed by atoms with Gasteiger partial charge in [0.1, 0.15) is 5.75 Å². The summed E-state index contributed by atoms with van der Waals surface area (Å²) in [5, 5.41) is 3.99. The van der Waals surface area contributed by atoms with E-state index in [0.29, 0.717) is 42.8 Å². The number of carbonyl (C=O) groups excluding carboxylic acids is 2. The Balaban J connectivity index is 1.40. The molecule has 4 aromatic carbocycles. The number of ether oxygens (including phenoxy) is 1. The topological polar surface area (TPSA) is 71.0 Å². The van der Waals surface area contributed by atoms with E-state index in [2.05, 4.69) is 21.2 Å². The van der Waals surface area contributed by atoms with E-state index in [-0.39, 0.29) is 18.4 Å². The summed E-state index contributed by atoms with van der Waals surface area (Å²) >= 11 is 16.7. The fourth-order valence-corrected chi connectivity index (χ4v) is 5.45. The molecule has 0 spiro atoms. The van der Waals surface area contributed by atoms with Crippen molar-refractivity contribution in [3.8, 4) is 5.75 Å². The lowest BCUT2D eigenvalue weighted by atomic mass is 10.2. The van der Waals surface area contributed by atoms with Crippen LogP contribution in [-0.2, 0) is 9.59 Å². The standard InChI is InChI=1S/C30H20BrCl2N3O3S/c31-20-11-14-26(39-18-28(37)34-22-12-13-24(32)25(33)17-22)19(15-20)16-27-29(38)36(23-9-5-2-6-10-23)30(40-27)35-21-7-3-1-4-8-21/h1-17H,18H2,(H,34,37)/b27-16+,35-30?. The summed E-state index contributed by atoms with van der Waals surface area (Å²) < 4.78 is 6.65. The van der Waals surface area contributed by atoms with Crippen LogP contribution in [0.1, 0.15) is 5.56 Å². The first kappa shape index (κ1) is 28.0. The van der Waals surface area contributed by atoms with Crippen molar-refractivity contribution in [3.63, 3.8) is 0 Å². The Morgan fingerprint density at radius 2 is 1.68 bits per heavy atom. The van der Waals surface area contributed by atoms with Crippen LogP contribution in [0.5, 0.6) is 5.75 Å². The van der Waals surface area contributed by atoms with Crippen LogP contribution >= 0.6 is 50.9 Å². The second-order valence-electron chi connectivity index (χ2n) is 8.46. The molecule has 0 atom stereocenters. The van der Waals surface area contributed by atoms with Gasteiger partial charge in [-0.1, -0.05) is 75.5 Å². The zero-order chi connectivity index (χ0) is 28.1. The molecule has 1 fully saturated rings. The Morgan fingerprint density at radius 3 is 2.40 bits per heavy atom. The fraction of sp³-hybridized carbons (Fsp3) is 0.0333. The number of nitrogens with zero attached hydrogens (tertiary/aromatic N) is 2. The predicted octanol–water partition coefficient (Wildman–Crippen LogP) is 8.58. The normalized spacial score (nSPS) is 15.1. The fourth-order valence-electron chi connectivity index (χ4n) is 3.79. The van der Waals surface area contributed by atoms with Crippen LogP contribution in [0, 0.1) is 0 Å². The van der Waals surface area contributed by atoms with Gasteiger partial charge in [-0.05, 0) is 78.5 Å². The molecular formula is C30H20BrCl2N3O3S. The van der Waals surface area contributed by atoms with Crippen molar-refractivity contribution in [2.24, 2.45) is 4.99 Å². The molecule has 1 heterocycles. The second kappa shape index (κ2) is 12.7. The summed E-state index contributed by atoms with van der Waals surface area (Å²) in [4.78, 5) is 33.0. The van der Waals surface area contributed by atoms with Gasteiger partial charge in [-0.25, -0.2) is 4.99 Å². The first-order valence-corrected chi connectivity index (χ1v) is 14.3. The average Bonchev–Trinajstić information content (AvgIpc) is 3.25. The number of rotatable bonds is 7. The molecule has 4 aromatic rings. The smallest absolute Gasteiger partial charge is 0.271 e. The number of hydrogen-bond acceptors (Lipinski definition) is 5. The van der Waals surface area contributed by atoms with Crippen LogP contribution in [0.3, 0.4) is 0 Å². The van der Waals surface area contributed by atoms with Crippen LogP contribution in [0.25, 0.3) is 6.08 Å². The first-order chi connectivity index (χ1) is 19.4. The van der Waals surface area contributed by atoms with E-state index in [1.807, 2.05) is 66.7 Å². The van der Waals surface area contributed by atoms with E-state index in [9.17, 15) is 9.59 Å². The van der Waals surface area contributed by atoms with Gasteiger partial charge in [-0.2, -0.15) is 0 Å². The maximum atomic E-state index is 13.6. The number of amides is 2. The number of carbonyl (C=O) groups is 2. The number of aliphatic imine (C=N–C) groups is 1. The van der Waals surface area contributed by atoms with Crippen LogP contribution in [-0.4, -0.2) is 23.6 Å². The summed E-state index contributed by atoms with van der Waals surface area (Å²) in [7, 11) is 0. The van der Waals surface area contributed by atoms with Crippen LogP contribution in [0.2, 0.25) is 10.0 Å². The van der Waals surface area contributed by atoms with Gasteiger partial charge < -0.3 is 10.1 Å². The Hall–Kier alpha value is -3.56. The molecule has 5 rings (SSSR count). The Bertz CT molecular complexity index is 1630. The highest BCUT2D eigenvalue weighted by Gasteiger charge is 2.35. The third-order valence-corrected chi connectivity index (χ3v) is 7.82. The Morgan fingerprint density at radius 1 is 0.950 bits per heavy atom. The number of thioether (sulfide) groups is 1. The third-order valence-electron chi connectivity index (χ3n) is 5.62. The highest BCUT2D eigenvalue weighted by atomic mass is 79.9. The average molecular weight is 653 g/mol. The zero-order valence-electron chi connectivity index (χ0n) is 20.7. The number of benzene rings is 4. The van der Waals surface area contributed by atoms with Gasteiger partial charge in [0.15, 0.2) is 11.8 Å². The minimum Gasteiger partial charge on any atom is -0.483 e. The van der Waals surface area contributed by atoms with E-state index in [1.54, 1.807) is 41.3 Å². The van der Waals surface area contributed by atoms with Gasteiger partial charge in [0, 0.05) is 15.7 Å². The molecule has 200 valence electrons. The maximum Gasteiger partial charge on any atom is 0.271 e. The third kappa shape index (κ3) is 6.77. The molecule has 10 heteroatoms. The molecule has 1 aliphatic heterocycles. The molecular weight excluding hydrogens is 633 g/mol. The minimum atomic E-state index is -0.376. The van der Waals surface area contributed by atoms with Gasteiger partial charge in [0.05, 0.1) is 26.3 Å². The molecule has 6 nitrogen and oxygen atoms in total. The largest absolute Gasteiger partial charge is 0.483 e. The molecule has 0 aromatic heterocycles. The molecule has 40 heavy (non-hydrogen) atoms. The van der Waals surface area contributed by atoms with E-state index >= 15 is 0 Å². The number of nitrogens with one attached hydrogen (secondary N) is 1. The van der Waals surface area contributed by atoms with Gasteiger partial charge >= 0.3 is 0 Å². The Kier molecular flexibility index (Phi) is 8.91. The van der Waals surface area contributed by atoms with Crippen molar-refractivity contribution in [2.45, 2.75) is 0 Å². The first-order valence-electron chi connectivity index (χ1n) is 12.0. The van der Waals surface area contributed by atoms with Crippen molar-refractivity contribution < 1.29 is 14.3 Å². The zero-order valence-corrected chi connectivity index (χ0v) is 24.6. The lowest BCUT2D eigenvalue weighted by molar-refractivity contribution is -0.118. The SMILES string of the molecule is O=C(COc1ccc(Br)cc1/C=C1/SC(=Nc2ccccc2)N(c2ccccc2)C1=O)Nc1ccc(Cl)c(Cl)c1. The molecule has 0 saturated carbocycles. The van der Waals surface area contributed by atoms with Crippen molar-refractivity contribution in [1.82, 2.24) is 0 Å². The summed E-state index contributed by atoms with van der Waals surface area (Å²) in [5.74, 6) is -0.152. The summed E-state index contributed by atoms with van der Waals surface area (Å²) in [6.07, 6.45) is 1.74. The summed E-state index contributed by atoms with van der Waals surface area (Å²) in [6, 6.07) is 29.0. The van der Waals surface area contributed by atoms with E-state index in [4.69, 9.17) is 32.9 Å². The van der Waals surface area contributed by atoms with E-state index in [0.717, 1.165) is 10.2 Å². The van der Waals surface area contributed by atoms with Crippen molar-refractivity contribution in [3.05, 3.63) is 122 Å².